The fraction of sp³-hybridized carbons (Fsp3) is 1.00. The number of nitrogens with one attached hydrogen (secondary N) is 1. The van der Waals surface area contributed by atoms with E-state index in [2.05, 4.69) is 17.1 Å². The molecule has 2 heteroatoms. The van der Waals surface area contributed by atoms with Gasteiger partial charge in [0, 0.05) is 12.6 Å². The van der Waals surface area contributed by atoms with Crippen LogP contribution in [0.1, 0.15) is 71.1 Å². The van der Waals surface area contributed by atoms with Crippen molar-refractivity contribution >= 4 is 0 Å². The van der Waals surface area contributed by atoms with Crippen LogP contribution in [0, 0.1) is 5.92 Å². The van der Waals surface area contributed by atoms with Crippen molar-refractivity contribution in [1.82, 2.24) is 10.2 Å². The maximum atomic E-state index is 3.85. The van der Waals surface area contributed by atoms with Crippen LogP contribution in [0.5, 0.6) is 0 Å². The second kappa shape index (κ2) is 8.97. The first-order valence-electron chi connectivity index (χ1n) is 8.86. The van der Waals surface area contributed by atoms with E-state index < -0.39 is 0 Å². The summed E-state index contributed by atoms with van der Waals surface area (Å²) >= 11 is 0. The summed E-state index contributed by atoms with van der Waals surface area (Å²) in [5, 5.41) is 3.85. The van der Waals surface area contributed by atoms with E-state index in [0.29, 0.717) is 0 Å². The van der Waals surface area contributed by atoms with E-state index in [9.17, 15) is 0 Å². The highest BCUT2D eigenvalue weighted by molar-refractivity contribution is 4.83. The highest BCUT2D eigenvalue weighted by Crippen LogP contribution is 2.28. The number of likely N-dealkylation sites (tertiary alicyclic amines) is 1. The number of rotatable bonds is 6. The SMILES string of the molecule is CCCNC(CN1CCCCCCC1)C1CCCC1. The standard InChI is InChI=1S/C17H34N2/c1-2-12-18-17(16-10-6-7-11-16)15-19-13-8-4-3-5-9-14-19/h16-18H,2-15H2,1H3. The maximum absolute atomic E-state index is 3.85. The third-order valence-electron chi connectivity index (χ3n) is 5.03. The average Bonchev–Trinajstić information content (AvgIpc) is 2.90. The van der Waals surface area contributed by atoms with Crippen LogP contribution in [0.2, 0.25) is 0 Å². The molecule has 0 radical (unpaired) electrons. The normalized spacial score (nSPS) is 25.1. The van der Waals surface area contributed by atoms with Crippen molar-refractivity contribution in [3.8, 4) is 0 Å². The molecule has 2 rings (SSSR count). The molecule has 2 aliphatic rings. The Balaban J connectivity index is 1.81. The van der Waals surface area contributed by atoms with Gasteiger partial charge in [-0.1, -0.05) is 39.0 Å². The highest BCUT2D eigenvalue weighted by atomic mass is 15.1. The average molecular weight is 266 g/mol. The Morgan fingerprint density at radius 2 is 1.58 bits per heavy atom. The highest BCUT2D eigenvalue weighted by Gasteiger charge is 2.26. The van der Waals surface area contributed by atoms with Gasteiger partial charge in [0.25, 0.3) is 0 Å². The molecule has 1 atom stereocenters. The van der Waals surface area contributed by atoms with Crippen molar-refractivity contribution in [3.05, 3.63) is 0 Å². The molecule has 1 heterocycles. The summed E-state index contributed by atoms with van der Waals surface area (Å²) in [6, 6.07) is 0.766. The molecule has 0 amide bonds. The summed E-state index contributed by atoms with van der Waals surface area (Å²) in [7, 11) is 0. The monoisotopic (exact) mass is 266 g/mol. The van der Waals surface area contributed by atoms with Gasteiger partial charge in [0.05, 0.1) is 0 Å². The van der Waals surface area contributed by atoms with Gasteiger partial charge in [-0.3, -0.25) is 0 Å². The number of hydrogen-bond acceptors (Lipinski definition) is 2. The fourth-order valence-corrected chi connectivity index (χ4v) is 3.84. The maximum Gasteiger partial charge on any atom is 0.0223 e. The van der Waals surface area contributed by atoms with E-state index in [0.717, 1.165) is 12.0 Å². The minimum Gasteiger partial charge on any atom is -0.312 e. The summed E-state index contributed by atoms with van der Waals surface area (Å²) in [4.78, 5) is 2.75. The minimum absolute atomic E-state index is 0.766. The minimum atomic E-state index is 0.766. The topological polar surface area (TPSA) is 15.3 Å². The molecule has 0 aromatic rings. The predicted molar refractivity (Wildman–Crippen MR) is 83.6 cm³/mol. The van der Waals surface area contributed by atoms with Crippen LogP contribution in [-0.4, -0.2) is 37.1 Å². The molecule has 0 aromatic carbocycles. The van der Waals surface area contributed by atoms with Crippen molar-refractivity contribution in [2.75, 3.05) is 26.2 Å². The van der Waals surface area contributed by atoms with E-state index in [1.807, 2.05) is 0 Å². The van der Waals surface area contributed by atoms with Crippen LogP contribution in [0.25, 0.3) is 0 Å². The quantitative estimate of drug-likeness (QED) is 0.786. The molecule has 0 bridgehead atoms. The van der Waals surface area contributed by atoms with Gasteiger partial charge < -0.3 is 10.2 Å². The zero-order valence-corrected chi connectivity index (χ0v) is 13.0. The molecular weight excluding hydrogens is 232 g/mol. The lowest BCUT2D eigenvalue weighted by molar-refractivity contribution is 0.194. The van der Waals surface area contributed by atoms with Gasteiger partial charge in [-0.25, -0.2) is 0 Å². The van der Waals surface area contributed by atoms with Crippen LogP contribution < -0.4 is 5.32 Å². The van der Waals surface area contributed by atoms with E-state index in [1.54, 1.807) is 0 Å². The lowest BCUT2D eigenvalue weighted by Gasteiger charge is -2.32. The van der Waals surface area contributed by atoms with E-state index in [-0.39, 0.29) is 0 Å². The lowest BCUT2D eigenvalue weighted by atomic mass is 9.96. The molecule has 19 heavy (non-hydrogen) atoms. The Morgan fingerprint density at radius 3 is 2.21 bits per heavy atom. The smallest absolute Gasteiger partial charge is 0.0223 e. The zero-order chi connectivity index (χ0) is 13.3. The molecule has 1 saturated carbocycles. The van der Waals surface area contributed by atoms with Crippen molar-refractivity contribution in [3.63, 3.8) is 0 Å². The molecule has 112 valence electrons. The van der Waals surface area contributed by atoms with E-state index >= 15 is 0 Å². The van der Waals surface area contributed by atoms with Crippen LogP contribution in [-0.2, 0) is 0 Å². The zero-order valence-electron chi connectivity index (χ0n) is 13.0. The molecule has 2 fully saturated rings. The van der Waals surface area contributed by atoms with Crippen LogP contribution in [0.3, 0.4) is 0 Å². The summed E-state index contributed by atoms with van der Waals surface area (Å²) in [5.41, 5.74) is 0. The second-order valence-corrected chi connectivity index (χ2v) is 6.67. The first-order chi connectivity index (χ1) is 9.40. The first-order valence-corrected chi connectivity index (χ1v) is 8.86. The van der Waals surface area contributed by atoms with Gasteiger partial charge in [-0.05, 0) is 57.7 Å². The molecule has 0 spiro atoms. The van der Waals surface area contributed by atoms with Crippen molar-refractivity contribution in [2.24, 2.45) is 5.92 Å². The van der Waals surface area contributed by atoms with Gasteiger partial charge >= 0.3 is 0 Å². The Bertz CT molecular complexity index is 215. The number of hydrogen-bond donors (Lipinski definition) is 1. The van der Waals surface area contributed by atoms with Crippen molar-refractivity contribution in [2.45, 2.75) is 77.2 Å². The first kappa shape index (κ1) is 15.3. The fourth-order valence-electron chi connectivity index (χ4n) is 3.84. The molecule has 1 aliphatic carbocycles. The summed E-state index contributed by atoms with van der Waals surface area (Å²) in [6.07, 6.45) is 14.3. The van der Waals surface area contributed by atoms with Crippen LogP contribution in [0.4, 0.5) is 0 Å². The third-order valence-corrected chi connectivity index (χ3v) is 5.03. The Hall–Kier alpha value is -0.0800. The molecule has 1 aliphatic heterocycles. The predicted octanol–water partition coefficient (Wildman–Crippen LogP) is 3.81. The van der Waals surface area contributed by atoms with Gasteiger partial charge in [-0.2, -0.15) is 0 Å². The van der Waals surface area contributed by atoms with Gasteiger partial charge in [0.2, 0.25) is 0 Å². The lowest BCUT2D eigenvalue weighted by Crippen LogP contribution is -2.46. The van der Waals surface area contributed by atoms with E-state index in [4.69, 9.17) is 0 Å². The van der Waals surface area contributed by atoms with Gasteiger partial charge in [0.1, 0.15) is 0 Å². The molecule has 1 N–H and O–H groups in total. The summed E-state index contributed by atoms with van der Waals surface area (Å²) in [5.74, 6) is 0.956. The largest absolute Gasteiger partial charge is 0.312 e. The summed E-state index contributed by atoms with van der Waals surface area (Å²) < 4.78 is 0. The third kappa shape index (κ3) is 5.43. The van der Waals surface area contributed by atoms with Gasteiger partial charge in [-0.15, -0.1) is 0 Å². The Labute approximate surface area is 120 Å². The molecule has 1 unspecified atom stereocenters. The van der Waals surface area contributed by atoms with Crippen molar-refractivity contribution < 1.29 is 0 Å². The molecule has 0 aromatic heterocycles. The van der Waals surface area contributed by atoms with Crippen LogP contribution >= 0.6 is 0 Å². The van der Waals surface area contributed by atoms with E-state index in [1.165, 1.54) is 90.4 Å². The van der Waals surface area contributed by atoms with Gasteiger partial charge in [0.15, 0.2) is 0 Å². The number of nitrogens with zero attached hydrogens (tertiary/aromatic N) is 1. The molecular formula is C17H34N2. The Morgan fingerprint density at radius 1 is 0.947 bits per heavy atom. The Kier molecular flexibility index (Phi) is 7.23. The summed E-state index contributed by atoms with van der Waals surface area (Å²) in [6.45, 7) is 7.49. The second-order valence-electron chi connectivity index (χ2n) is 6.67. The van der Waals surface area contributed by atoms with Crippen LogP contribution in [0.15, 0.2) is 0 Å². The molecule has 2 nitrogen and oxygen atoms in total. The molecule has 1 saturated heterocycles. The van der Waals surface area contributed by atoms with Crippen molar-refractivity contribution in [1.29, 1.82) is 0 Å².